The minimum absolute atomic E-state index is 0.0274. The molecule has 0 bridgehead atoms. The third-order valence-electron chi connectivity index (χ3n) is 3.73. The van der Waals surface area contributed by atoms with E-state index in [1.165, 1.54) is 29.2 Å². The Bertz CT molecular complexity index is 966. The number of anilines is 1. The Balaban J connectivity index is 1.99. The van der Waals surface area contributed by atoms with Crippen LogP contribution in [0.3, 0.4) is 0 Å². The van der Waals surface area contributed by atoms with Crippen LogP contribution in [0.2, 0.25) is 0 Å². The zero-order valence-corrected chi connectivity index (χ0v) is 14.1. The number of rotatable bonds is 4. The number of carboxylic acids is 1. The number of hydrogen-bond acceptors (Lipinski definition) is 6. The second-order valence-electron chi connectivity index (χ2n) is 5.82. The number of carbonyl (C=O) groups excluding carboxylic acids is 1. The van der Waals surface area contributed by atoms with Crippen LogP contribution in [0.1, 0.15) is 24.2 Å². The van der Waals surface area contributed by atoms with Gasteiger partial charge in [-0.25, -0.2) is 17.9 Å². The van der Waals surface area contributed by atoms with Crippen LogP contribution in [0.15, 0.2) is 29.4 Å². The summed E-state index contributed by atoms with van der Waals surface area (Å²) >= 11 is 0. The lowest BCUT2D eigenvalue weighted by molar-refractivity contribution is -0.140. The van der Waals surface area contributed by atoms with E-state index in [1.54, 1.807) is 13.8 Å². The van der Waals surface area contributed by atoms with Crippen molar-refractivity contribution in [1.82, 2.24) is 20.1 Å². The van der Waals surface area contributed by atoms with Crippen molar-refractivity contribution in [1.29, 1.82) is 0 Å². The van der Waals surface area contributed by atoms with Crippen LogP contribution >= 0.6 is 0 Å². The monoisotopic (exact) mass is 365 g/mol. The number of carboxylic acid groups (broad SMARTS) is 1. The molecule has 1 aliphatic rings. The SMILES string of the molecule is CC(C)[C@@H](NC(=O)c1ccc2c(c1)S(=O)(=O)Nc1ncnn1-2)C(=O)O. The van der Waals surface area contributed by atoms with Gasteiger partial charge in [-0.2, -0.15) is 14.8 Å². The van der Waals surface area contributed by atoms with Crippen molar-refractivity contribution in [2.75, 3.05) is 4.72 Å². The van der Waals surface area contributed by atoms with Crippen LogP contribution < -0.4 is 10.0 Å². The number of aromatic nitrogens is 3. The molecule has 0 fully saturated rings. The molecule has 1 aliphatic heterocycles. The topological polar surface area (TPSA) is 143 Å². The number of benzene rings is 1. The zero-order chi connectivity index (χ0) is 18.4. The van der Waals surface area contributed by atoms with E-state index >= 15 is 0 Å². The number of hydrogen-bond donors (Lipinski definition) is 3. The molecule has 1 aromatic carbocycles. The van der Waals surface area contributed by atoms with Crippen molar-refractivity contribution < 1.29 is 23.1 Å². The highest BCUT2D eigenvalue weighted by molar-refractivity contribution is 7.93. The van der Waals surface area contributed by atoms with Gasteiger partial charge in [0.2, 0.25) is 5.95 Å². The third-order valence-corrected chi connectivity index (χ3v) is 5.09. The van der Waals surface area contributed by atoms with E-state index in [1.807, 2.05) is 0 Å². The van der Waals surface area contributed by atoms with Gasteiger partial charge in [-0.15, -0.1) is 0 Å². The van der Waals surface area contributed by atoms with Crippen molar-refractivity contribution >= 4 is 27.8 Å². The first-order valence-corrected chi connectivity index (χ1v) is 8.80. The van der Waals surface area contributed by atoms with Crippen LogP contribution in [-0.4, -0.2) is 46.2 Å². The molecule has 1 atom stereocenters. The van der Waals surface area contributed by atoms with Crippen molar-refractivity contribution in [3.63, 3.8) is 0 Å². The Kier molecular flexibility index (Phi) is 3.95. The van der Waals surface area contributed by atoms with Gasteiger partial charge in [0.05, 0.1) is 5.69 Å². The molecule has 1 amide bonds. The highest BCUT2D eigenvalue weighted by atomic mass is 32.2. The van der Waals surface area contributed by atoms with Crippen LogP contribution in [0.25, 0.3) is 5.69 Å². The molecule has 10 nitrogen and oxygen atoms in total. The lowest BCUT2D eigenvalue weighted by Crippen LogP contribution is -2.44. The van der Waals surface area contributed by atoms with E-state index in [-0.39, 0.29) is 28.0 Å². The lowest BCUT2D eigenvalue weighted by atomic mass is 10.0. The average Bonchev–Trinajstić information content (AvgIpc) is 2.98. The summed E-state index contributed by atoms with van der Waals surface area (Å²) in [5.41, 5.74) is 0.279. The highest BCUT2D eigenvalue weighted by Crippen LogP contribution is 2.29. The van der Waals surface area contributed by atoms with E-state index in [9.17, 15) is 18.0 Å². The standard InChI is InChI=1S/C14H15N5O5S/c1-7(2)11(13(21)22)17-12(20)8-3-4-9-10(5-8)25(23,24)18-14-15-6-16-19(9)14/h3-7,11H,1-2H3,(H,17,20)(H,21,22)(H,15,16,18)/t11-/m1/s1. The first-order valence-electron chi connectivity index (χ1n) is 7.31. The molecule has 3 N–H and O–H groups in total. The lowest BCUT2D eigenvalue weighted by Gasteiger charge is -2.20. The number of fused-ring (bicyclic) bond motifs is 3. The smallest absolute Gasteiger partial charge is 0.326 e. The maximum absolute atomic E-state index is 12.3. The highest BCUT2D eigenvalue weighted by Gasteiger charge is 2.31. The summed E-state index contributed by atoms with van der Waals surface area (Å²) in [6.07, 6.45) is 1.20. The van der Waals surface area contributed by atoms with E-state index in [2.05, 4.69) is 20.1 Å². The molecule has 3 rings (SSSR count). The quantitative estimate of drug-likeness (QED) is 0.703. The molecular formula is C14H15N5O5S. The maximum Gasteiger partial charge on any atom is 0.326 e. The van der Waals surface area contributed by atoms with E-state index in [4.69, 9.17) is 5.11 Å². The van der Waals surface area contributed by atoms with Gasteiger partial charge in [0.1, 0.15) is 17.3 Å². The summed E-state index contributed by atoms with van der Waals surface area (Å²) < 4.78 is 28.2. The Morgan fingerprint density at radius 3 is 2.68 bits per heavy atom. The molecule has 0 saturated heterocycles. The van der Waals surface area contributed by atoms with Crippen LogP contribution in [-0.2, 0) is 14.8 Å². The molecule has 11 heteroatoms. The number of nitrogens with one attached hydrogen (secondary N) is 2. The first-order chi connectivity index (χ1) is 11.7. The van der Waals surface area contributed by atoms with Gasteiger partial charge < -0.3 is 10.4 Å². The van der Waals surface area contributed by atoms with E-state index < -0.39 is 27.9 Å². The third kappa shape index (κ3) is 2.93. The van der Waals surface area contributed by atoms with Crippen molar-refractivity contribution in [3.8, 4) is 5.69 Å². The summed E-state index contributed by atoms with van der Waals surface area (Å²) in [6, 6.07) is 2.92. The first kappa shape index (κ1) is 16.9. The fraction of sp³-hybridized carbons (Fsp3) is 0.286. The minimum atomic E-state index is -3.91. The molecule has 0 spiro atoms. The fourth-order valence-electron chi connectivity index (χ4n) is 2.45. The van der Waals surface area contributed by atoms with Gasteiger partial charge in [-0.1, -0.05) is 13.8 Å². The van der Waals surface area contributed by atoms with Gasteiger partial charge in [0.15, 0.2) is 0 Å². The fourth-order valence-corrected chi connectivity index (χ4v) is 3.65. The Labute approximate surface area is 142 Å². The largest absolute Gasteiger partial charge is 0.480 e. The molecule has 0 aliphatic carbocycles. The molecule has 0 unspecified atom stereocenters. The van der Waals surface area contributed by atoms with Gasteiger partial charge in [-0.3, -0.25) is 4.79 Å². The van der Waals surface area contributed by atoms with E-state index in [0.717, 1.165) is 0 Å². The summed E-state index contributed by atoms with van der Waals surface area (Å²) in [6.45, 7) is 3.32. The second kappa shape index (κ2) is 5.84. The number of aliphatic carboxylic acids is 1. The molecule has 1 aromatic heterocycles. The predicted molar refractivity (Wildman–Crippen MR) is 85.9 cm³/mol. The predicted octanol–water partition coefficient (Wildman–Crippen LogP) is 0.220. The minimum Gasteiger partial charge on any atom is -0.480 e. The Morgan fingerprint density at radius 1 is 1.32 bits per heavy atom. The van der Waals surface area contributed by atoms with Crippen molar-refractivity contribution in [2.24, 2.45) is 5.92 Å². The normalized spacial score (nSPS) is 15.6. The van der Waals surface area contributed by atoms with Gasteiger partial charge in [0.25, 0.3) is 15.9 Å². The number of sulfonamides is 1. The number of carbonyl (C=O) groups is 2. The van der Waals surface area contributed by atoms with E-state index in [0.29, 0.717) is 0 Å². The molecular weight excluding hydrogens is 350 g/mol. The Morgan fingerprint density at radius 2 is 2.04 bits per heavy atom. The zero-order valence-electron chi connectivity index (χ0n) is 13.3. The second-order valence-corrected chi connectivity index (χ2v) is 7.47. The van der Waals surface area contributed by atoms with Crippen molar-refractivity contribution in [2.45, 2.75) is 24.8 Å². The van der Waals surface area contributed by atoms with Gasteiger partial charge in [0, 0.05) is 5.56 Å². The summed E-state index contributed by atoms with van der Waals surface area (Å²) in [4.78, 5) is 27.2. The number of nitrogens with zero attached hydrogens (tertiary/aromatic N) is 3. The molecule has 2 heterocycles. The average molecular weight is 365 g/mol. The summed E-state index contributed by atoms with van der Waals surface area (Å²) in [7, 11) is -3.91. The molecule has 0 saturated carbocycles. The maximum atomic E-state index is 12.3. The molecule has 2 aromatic rings. The molecule has 132 valence electrons. The molecule has 0 radical (unpaired) electrons. The van der Waals surface area contributed by atoms with Crippen LogP contribution in [0, 0.1) is 5.92 Å². The Hall–Kier alpha value is -2.95. The van der Waals surface area contributed by atoms with Gasteiger partial charge in [-0.05, 0) is 24.1 Å². The van der Waals surface area contributed by atoms with Crippen LogP contribution in [0.5, 0.6) is 0 Å². The van der Waals surface area contributed by atoms with Crippen LogP contribution in [0.4, 0.5) is 5.95 Å². The van der Waals surface area contributed by atoms with Crippen molar-refractivity contribution in [3.05, 3.63) is 30.1 Å². The summed E-state index contributed by atoms with van der Waals surface area (Å²) in [5.74, 6) is -2.12. The molecule has 25 heavy (non-hydrogen) atoms. The summed E-state index contributed by atoms with van der Waals surface area (Å²) in [5, 5.41) is 15.5. The number of amides is 1. The van der Waals surface area contributed by atoms with Gasteiger partial charge >= 0.3 is 5.97 Å².